The van der Waals surface area contributed by atoms with Gasteiger partial charge in [0.05, 0.1) is 10.5 Å². The van der Waals surface area contributed by atoms with Gasteiger partial charge >= 0.3 is 17.8 Å². The molecule has 0 N–H and O–H groups in total. The second kappa shape index (κ2) is 8.77. The van der Waals surface area contributed by atoms with E-state index in [1.165, 1.54) is 42.5 Å². The zero-order valence-electron chi connectivity index (χ0n) is 16.9. The van der Waals surface area contributed by atoms with E-state index >= 15 is 0 Å². The number of esters is 1. The smallest absolute Gasteiger partial charge is 0.416 e. The molecule has 0 aliphatic carbocycles. The van der Waals surface area contributed by atoms with Gasteiger partial charge in [-0.15, -0.1) is 0 Å². The summed E-state index contributed by atoms with van der Waals surface area (Å²) >= 11 is 0. The maximum absolute atomic E-state index is 13.5. The summed E-state index contributed by atoms with van der Waals surface area (Å²) in [5.41, 5.74) is -1.76. The Morgan fingerprint density at radius 1 is 1.00 bits per heavy atom. The predicted octanol–water partition coefficient (Wildman–Crippen LogP) is 5.89. The van der Waals surface area contributed by atoms with Crippen LogP contribution >= 0.6 is 0 Å². The van der Waals surface area contributed by atoms with E-state index in [-0.39, 0.29) is 28.5 Å². The molecule has 172 valence electrons. The van der Waals surface area contributed by atoms with E-state index in [9.17, 15) is 32.5 Å². The molecule has 3 aromatic rings. The maximum atomic E-state index is 13.5. The summed E-state index contributed by atoms with van der Waals surface area (Å²) in [6, 6.07) is 13.2. The van der Waals surface area contributed by atoms with Gasteiger partial charge in [0.25, 0.3) is 0 Å². The van der Waals surface area contributed by atoms with E-state index in [1.807, 2.05) is 0 Å². The topological polar surface area (TPSA) is 91.0 Å². The van der Waals surface area contributed by atoms with Gasteiger partial charge in [-0.2, -0.15) is 13.2 Å². The molecular weight excluding hydrogens is 460 g/mol. The van der Waals surface area contributed by atoms with Crippen LogP contribution in [0.4, 0.5) is 23.2 Å². The molecule has 0 atom stereocenters. The molecule has 0 saturated heterocycles. The van der Waals surface area contributed by atoms with Gasteiger partial charge in [-0.05, 0) is 42.5 Å². The van der Waals surface area contributed by atoms with Gasteiger partial charge in [0, 0.05) is 17.2 Å². The monoisotopic (exact) mass is 472 g/mol. The lowest BCUT2D eigenvalue weighted by atomic mass is 10.1. The highest BCUT2D eigenvalue weighted by Gasteiger charge is 2.33. The largest absolute Gasteiger partial charge is 0.449 e. The molecule has 0 bridgehead atoms. The van der Waals surface area contributed by atoms with Gasteiger partial charge in [0.1, 0.15) is 11.6 Å². The number of ether oxygens (including phenoxy) is 2. The quantitative estimate of drug-likeness (QED) is 0.152. The standard InChI is InChI=1S/C23H12F4N2O5/c24-16-6-3-5-14(10-16)21-28-17(22(30)34-21)11-13-4-1-2-7-19(13)33-20-9-8-15(23(25,26)27)12-18(20)29(31)32/h1-12H/b17-11-. The van der Waals surface area contributed by atoms with E-state index in [4.69, 9.17) is 9.47 Å². The summed E-state index contributed by atoms with van der Waals surface area (Å²) < 4.78 is 62.9. The van der Waals surface area contributed by atoms with Crippen molar-refractivity contribution in [1.29, 1.82) is 0 Å². The first kappa shape index (κ1) is 22.6. The molecule has 3 aromatic carbocycles. The minimum absolute atomic E-state index is 0.0139. The van der Waals surface area contributed by atoms with Crippen molar-refractivity contribution in [2.24, 2.45) is 4.99 Å². The molecule has 7 nitrogen and oxygen atoms in total. The number of carbonyl (C=O) groups excluding carboxylic acids is 1. The number of hydrogen-bond acceptors (Lipinski definition) is 6. The Hall–Kier alpha value is -4.54. The van der Waals surface area contributed by atoms with Gasteiger partial charge in [-0.1, -0.05) is 24.3 Å². The van der Waals surface area contributed by atoms with Gasteiger partial charge < -0.3 is 9.47 Å². The number of alkyl halides is 3. The number of rotatable bonds is 5. The molecule has 0 saturated carbocycles. The SMILES string of the molecule is O=C1OC(c2cccc(F)c2)=N/C1=C\c1ccccc1Oc1ccc(C(F)(F)F)cc1[N+](=O)[O-]. The Kier molecular flexibility index (Phi) is 5.84. The number of benzene rings is 3. The van der Waals surface area contributed by atoms with Gasteiger partial charge in [-0.3, -0.25) is 10.1 Å². The number of para-hydroxylation sites is 1. The van der Waals surface area contributed by atoms with E-state index in [2.05, 4.69) is 4.99 Å². The third kappa shape index (κ3) is 4.77. The van der Waals surface area contributed by atoms with Crippen molar-refractivity contribution in [3.05, 3.63) is 105 Å². The third-order valence-electron chi connectivity index (χ3n) is 4.61. The van der Waals surface area contributed by atoms with Crippen LogP contribution in [0.5, 0.6) is 11.5 Å². The minimum atomic E-state index is -4.77. The fourth-order valence-corrected chi connectivity index (χ4v) is 3.04. The highest BCUT2D eigenvalue weighted by Crippen LogP contribution is 2.39. The molecule has 0 radical (unpaired) electrons. The molecule has 0 unspecified atom stereocenters. The summed E-state index contributed by atoms with van der Waals surface area (Å²) in [5, 5.41) is 11.3. The Morgan fingerprint density at radius 2 is 1.76 bits per heavy atom. The minimum Gasteiger partial charge on any atom is -0.449 e. The number of nitro benzene ring substituents is 1. The highest BCUT2D eigenvalue weighted by molar-refractivity contribution is 6.12. The summed E-state index contributed by atoms with van der Waals surface area (Å²) in [5.74, 6) is -1.91. The zero-order chi connectivity index (χ0) is 24.5. The summed E-state index contributed by atoms with van der Waals surface area (Å²) in [7, 11) is 0. The van der Waals surface area contributed by atoms with Crippen molar-refractivity contribution in [3.63, 3.8) is 0 Å². The van der Waals surface area contributed by atoms with E-state index < -0.39 is 39.9 Å². The number of halogens is 4. The van der Waals surface area contributed by atoms with Crippen LogP contribution in [0, 0.1) is 15.9 Å². The average molecular weight is 472 g/mol. The van der Waals surface area contributed by atoms with Gasteiger partial charge in [-0.25, -0.2) is 14.2 Å². The van der Waals surface area contributed by atoms with E-state index in [0.29, 0.717) is 12.1 Å². The lowest BCUT2D eigenvalue weighted by molar-refractivity contribution is -0.385. The van der Waals surface area contributed by atoms with Gasteiger partial charge in [0.15, 0.2) is 5.70 Å². The molecule has 0 spiro atoms. The molecular formula is C23H12F4N2O5. The Bertz CT molecular complexity index is 1370. The van der Waals surface area contributed by atoms with Crippen molar-refractivity contribution in [1.82, 2.24) is 0 Å². The molecule has 1 heterocycles. The lowest BCUT2D eigenvalue weighted by Crippen LogP contribution is -2.06. The number of nitro groups is 1. The number of aliphatic imine (C=N–C) groups is 1. The summed E-state index contributed by atoms with van der Waals surface area (Å²) in [4.78, 5) is 26.7. The Labute approximate surface area is 188 Å². The third-order valence-corrected chi connectivity index (χ3v) is 4.61. The van der Waals surface area contributed by atoms with Crippen LogP contribution < -0.4 is 4.74 Å². The van der Waals surface area contributed by atoms with E-state index in [1.54, 1.807) is 6.07 Å². The van der Waals surface area contributed by atoms with Gasteiger partial charge in [0.2, 0.25) is 11.6 Å². The molecule has 4 rings (SSSR count). The fourth-order valence-electron chi connectivity index (χ4n) is 3.04. The second-order valence-corrected chi connectivity index (χ2v) is 6.92. The van der Waals surface area contributed by atoms with Crippen LogP contribution in [0.25, 0.3) is 6.08 Å². The lowest BCUT2D eigenvalue weighted by Gasteiger charge is -2.11. The van der Waals surface area contributed by atoms with Crippen molar-refractivity contribution in [2.45, 2.75) is 6.18 Å². The highest BCUT2D eigenvalue weighted by atomic mass is 19.4. The van der Waals surface area contributed by atoms with Crippen LogP contribution in [0.15, 0.2) is 77.4 Å². The Balaban J connectivity index is 1.69. The van der Waals surface area contributed by atoms with Crippen molar-refractivity contribution in [2.75, 3.05) is 0 Å². The van der Waals surface area contributed by atoms with E-state index in [0.717, 1.165) is 12.1 Å². The van der Waals surface area contributed by atoms with Crippen LogP contribution in [0.3, 0.4) is 0 Å². The first-order chi connectivity index (χ1) is 16.1. The molecule has 1 aliphatic rings. The molecule has 34 heavy (non-hydrogen) atoms. The first-order valence-electron chi connectivity index (χ1n) is 9.53. The first-order valence-corrected chi connectivity index (χ1v) is 9.53. The second-order valence-electron chi connectivity index (χ2n) is 6.92. The predicted molar refractivity (Wildman–Crippen MR) is 112 cm³/mol. The number of carbonyl (C=O) groups is 1. The molecule has 11 heteroatoms. The number of nitrogens with zero attached hydrogens (tertiary/aromatic N) is 2. The normalized spacial score (nSPS) is 14.6. The molecule has 0 fully saturated rings. The van der Waals surface area contributed by atoms with Crippen LogP contribution in [-0.4, -0.2) is 16.8 Å². The number of hydrogen-bond donors (Lipinski definition) is 0. The van der Waals surface area contributed by atoms with Crippen LogP contribution in [0.2, 0.25) is 0 Å². The van der Waals surface area contributed by atoms with Crippen LogP contribution in [-0.2, 0) is 15.7 Å². The molecule has 0 amide bonds. The van der Waals surface area contributed by atoms with Crippen LogP contribution in [0.1, 0.15) is 16.7 Å². The number of cyclic esters (lactones) is 1. The fraction of sp³-hybridized carbons (Fsp3) is 0.0435. The van der Waals surface area contributed by atoms with Crippen molar-refractivity contribution in [3.8, 4) is 11.5 Å². The average Bonchev–Trinajstić information content (AvgIpc) is 3.14. The summed E-state index contributed by atoms with van der Waals surface area (Å²) in [6.07, 6.45) is -3.49. The maximum Gasteiger partial charge on any atom is 0.416 e. The molecule has 1 aliphatic heterocycles. The van der Waals surface area contributed by atoms with Crippen molar-refractivity contribution < 1.29 is 36.8 Å². The summed E-state index contributed by atoms with van der Waals surface area (Å²) in [6.45, 7) is 0. The molecule has 0 aromatic heterocycles. The zero-order valence-corrected chi connectivity index (χ0v) is 16.9. The Morgan fingerprint density at radius 3 is 2.47 bits per heavy atom. The van der Waals surface area contributed by atoms with Crippen molar-refractivity contribution >= 4 is 23.6 Å².